The minimum atomic E-state index is -0.352. The van der Waals surface area contributed by atoms with E-state index >= 15 is 0 Å². The fraction of sp³-hybridized carbons (Fsp3) is 0.188. The lowest BCUT2D eigenvalue weighted by molar-refractivity contribution is -0.116. The summed E-state index contributed by atoms with van der Waals surface area (Å²) in [4.78, 5) is 12.1. The topological polar surface area (TPSA) is 41.1 Å². The van der Waals surface area contributed by atoms with Crippen molar-refractivity contribution in [3.63, 3.8) is 0 Å². The van der Waals surface area contributed by atoms with E-state index in [4.69, 9.17) is 11.6 Å². The number of carbonyl (C=O) groups is 1. The Morgan fingerprint density at radius 2 is 1.80 bits per heavy atom. The van der Waals surface area contributed by atoms with Crippen LogP contribution in [0.4, 0.5) is 11.4 Å². The molecule has 2 aromatic carbocycles. The molecule has 0 bridgehead atoms. The SMILES string of the molecule is Cc1ccc(NC(=O)C(C)Nc2cccc(Cl)c2)cc1. The first kappa shape index (κ1) is 14.4. The van der Waals surface area contributed by atoms with Crippen LogP contribution in [0.1, 0.15) is 12.5 Å². The van der Waals surface area contributed by atoms with Crippen LogP contribution in [0, 0.1) is 6.92 Å². The molecule has 0 aromatic heterocycles. The van der Waals surface area contributed by atoms with Gasteiger partial charge in [0, 0.05) is 16.4 Å². The maximum atomic E-state index is 12.1. The van der Waals surface area contributed by atoms with Gasteiger partial charge in [-0.15, -0.1) is 0 Å². The van der Waals surface area contributed by atoms with Crippen LogP contribution in [0.5, 0.6) is 0 Å². The fourth-order valence-corrected chi connectivity index (χ4v) is 1.97. The van der Waals surface area contributed by atoms with E-state index in [1.165, 1.54) is 0 Å². The maximum Gasteiger partial charge on any atom is 0.246 e. The summed E-state index contributed by atoms with van der Waals surface area (Å²) in [5.74, 6) is -0.0890. The third-order valence-corrected chi connectivity index (χ3v) is 3.16. The number of amides is 1. The van der Waals surface area contributed by atoms with Gasteiger partial charge in [-0.3, -0.25) is 4.79 Å². The lowest BCUT2D eigenvalue weighted by Gasteiger charge is -2.15. The van der Waals surface area contributed by atoms with Crippen LogP contribution < -0.4 is 10.6 Å². The van der Waals surface area contributed by atoms with Crippen molar-refractivity contribution in [2.24, 2.45) is 0 Å². The van der Waals surface area contributed by atoms with Crippen molar-refractivity contribution in [3.05, 3.63) is 59.1 Å². The van der Waals surface area contributed by atoms with Gasteiger partial charge in [0.05, 0.1) is 0 Å². The first-order valence-corrected chi connectivity index (χ1v) is 6.82. The lowest BCUT2D eigenvalue weighted by Crippen LogP contribution is -2.31. The van der Waals surface area contributed by atoms with Crippen LogP contribution in [0.2, 0.25) is 5.02 Å². The summed E-state index contributed by atoms with van der Waals surface area (Å²) in [7, 11) is 0. The molecule has 2 N–H and O–H groups in total. The highest BCUT2D eigenvalue weighted by Gasteiger charge is 2.12. The predicted molar refractivity (Wildman–Crippen MR) is 84.3 cm³/mol. The van der Waals surface area contributed by atoms with E-state index in [0.717, 1.165) is 16.9 Å². The van der Waals surface area contributed by atoms with Gasteiger partial charge in [-0.05, 0) is 44.2 Å². The van der Waals surface area contributed by atoms with Gasteiger partial charge in [-0.1, -0.05) is 35.4 Å². The molecule has 20 heavy (non-hydrogen) atoms. The van der Waals surface area contributed by atoms with Crippen molar-refractivity contribution < 1.29 is 4.79 Å². The smallest absolute Gasteiger partial charge is 0.246 e. The van der Waals surface area contributed by atoms with E-state index in [1.54, 1.807) is 12.1 Å². The molecular formula is C16H17ClN2O. The second kappa shape index (κ2) is 6.44. The van der Waals surface area contributed by atoms with Gasteiger partial charge in [0.2, 0.25) is 5.91 Å². The second-order valence-electron chi connectivity index (χ2n) is 4.73. The Kier molecular flexibility index (Phi) is 4.64. The summed E-state index contributed by atoms with van der Waals surface area (Å²) in [6.45, 7) is 3.82. The van der Waals surface area contributed by atoms with Crippen LogP contribution in [0.25, 0.3) is 0 Å². The van der Waals surface area contributed by atoms with Gasteiger partial charge in [-0.25, -0.2) is 0 Å². The summed E-state index contributed by atoms with van der Waals surface area (Å²) in [5.41, 5.74) is 2.78. The molecule has 1 atom stereocenters. The van der Waals surface area contributed by atoms with Crippen molar-refractivity contribution >= 4 is 28.9 Å². The van der Waals surface area contributed by atoms with E-state index in [1.807, 2.05) is 50.2 Å². The number of aryl methyl sites for hydroxylation is 1. The van der Waals surface area contributed by atoms with Crippen LogP contribution in [0.15, 0.2) is 48.5 Å². The maximum absolute atomic E-state index is 12.1. The Labute approximate surface area is 124 Å². The minimum Gasteiger partial charge on any atom is -0.374 e. The average molecular weight is 289 g/mol. The molecule has 2 rings (SSSR count). The average Bonchev–Trinajstić information content (AvgIpc) is 2.41. The molecule has 3 nitrogen and oxygen atoms in total. The summed E-state index contributed by atoms with van der Waals surface area (Å²) in [5, 5.41) is 6.63. The molecule has 0 radical (unpaired) electrons. The zero-order valence-corrected chi connectivity index (χ0v) is 12.2. The first-order valence-electron chi connectivity index (χ1n) is 6.44. The van der Waals surface area contributed by atoms with Crippen molar-refractivity contribution in [1.29, 1.82) is 0 Å². The first-order chi connectivity index (χ1) is 9.54. The number of anilines is 2. The minimum absolute atomic E-state index is 0.0890. The van der Waals surface area contributed by atoms with Crippen molar-refractivity contribution in [1.82, 2.24) is 0 Å². The number of rotatable bonds is 4. The Bertz CT molecular complexity index is 596. The Morgan fingerprint density at radius 1 is 1.10 bits per heavy atom. The Hall–Kier alpha value is -2.00. The molecule has 0 saturated heterocycles. The molecule has 0 aliphatic heterocycles. The van der Waals surface area contributed by atoms with Crippen molar-refractivity contribution in [2.45, 2.75) is 19.9 Å². The van der Waals surface area contributed by atoms with Crippen LogP contribution in [-0.4, -0.2) is 11.9 Å². The zero-order valence-electron chi connectivity index (χ0n) is 11.5. The molecule has 104 valence electrons. The standard InChI is InChI=1S/C16H17ClN2O/c1-11-6-8-14(9-7-11)19-16(20)12(2)18-15-5-3-4-13(17)10-15/h3-10,12,18H,1-2H3,(H,19,20). The quantitative estimate of drug-likeness (QED) is 0.890. The highest BCUT2D eigenvalue weighted by molar-refractivity contribution is 6.30. The predicted octanol–water partition coefficient (Wildman–Crippen LogP) is 4.09. The zero-order chi connectivity index (χ0) is 14.5. The molecule has 0 heterocycles. The van der Waals surface area contributed by atoms with Gasteiger partial charge in [0.25, 0.3) is 0 Å². The summed E-state index contributed by atoms with van der Waals surface area (Å²) >= 11 is 5.91. The largest absolute Gasteiger partial charge is 0.374 e. The van der Waals surface area contributed by atoms with E-state index in [-0.39, 0.29) is 11.9 Å². The monoisotopic (exact) mass is 288 g/mol. The fourth-order valence-electron chi connectivity index (χ4n) is 1.78. The molecule has 1 unspecified atom stereocenters. The lowest BCUT2D eigenvalue weighted by atomic mass is 10.2. The van der Waals surface area contributed by atoms with Crippen molar-refractivity contribution in [3.8, 4) is 0 Å². The summed E-state index contributed by atoms with van der Waals surface area (Å²) in [6, 6.07) is 14.7. The van der Waals surface area contributed by atoms with Crippen LogP contribution in [0.3, 0.4) is 0 Å². The number of hydrogen-bond acceptors (Lipinski definition) is 2. The number of hydrogen-bond donors (Lipinski definition) is 2. The molecule has 0 aliphatic rings. The second-order valence-corrected chi connectivity index (χ2v) is 5.17. The third-order valence-electron chi connectivity index (χ3n) is 2.92. The van der Waals surface area contributed by atoms with Gasteiger partial charge >= 0.3 is 0 Å². The highest BCUT2D eigenvalue weighted by Crippen LogP contribution is 2.16. The third kappa shape index (κ3) is 4.00. The van der Waals surface area contributed by atoms with Gasteiger partial charge in [-0.2, -0.15) is 0 Å². The van der Waals surface area contributed by atoms with Gasteiger partial charge in [0.1, 0.15) is 6.04 Å². The molecule has 0 aliphatic carbocycles. The van der Waals surface area contributed by atoms with E-state index < -0.39 is 0 Å². The van der Waals surface area contributed by atoms with Crippen LogP contribution >= 0.6 is 11.6 Å². The number of nitrogens with one attached hydrogen (secondary N) is 2. The molecular weight excluding hydrogens is 272 g/mol. The molecule has 2 aromatic rings. The molecule has 0 spiro atoms. The van der Waals surface area contributed by atoms with Crippen molar-refractivity contribution in [2.75, 3.05) is 10.6 Å². The van der Waals surface area contributed by atoms with Crippen LogP contribution in [-0.2, 0) is 4.79 Å². The van der Waals surface area contributed by atoms with Gasteiger partial charge < -0.3 is 10.6 Å². The van der Waals surface area contributed by atoms with E-state index in [0.29, 0.717) is 5.02 Å². The van der Waals surface area contributed by atoms with E-state index in [2.05, 4.69) is 10.6 Å². The summed E-state index contributed by atoms with van der Waals surface area (Å²) in [6.07, 6.45) is 0. The molecule has 4 heteroatoms. The Balaban J connectivity index is 1.96. The normalized spacial score (nSPS) is 11.8. The van der Waals surface area contributed by atoms with E-state index in [9.17, 15) is 4.79 Å². The Morgan fingerprint density at radius 3 is 2.45 bits per heavy atom. The summed E-state index contributed by atoms with van der Waals surface area (Å²) < 4.78 is 0. The number of benzene rings is 2. The molecule has 0 saturated carbocycles. The highest BCUT2D eigenvalue weighted by atomic mass is 35.5. The number of carbonyl (C=O) groups excluding carboxylic acids is 1. The number of halogens is 1. The van der Waals surface area contributed by atoms with Gasteiger partial charge in [0.15, 0.2) is 0 Å². The molecule has 0 fully saturated rings. The molecule has 1 amide bonds.